The van der Waals surface area contributed by atoms with E-state index in [1.54, 1.807) is 5.98 Å². The van der Waals surface area contributed by atoms with Crippen LogP contribution in [-0.4, -0.2) is 7.85 Å². The molecular formula is C9H9B. The Bertz CT molecular complexity index is 221. The van der Waals surface area contributed by atoms with E-state index in [4.69, 9.17) is 7.85 Å². The summed E-state index contributed by atoms with van der Waals surface area (Å²) in [5, 5.41) is 0. The molecule has 0 N–H and O–H groups in total. The van der Waals surface area contributed by atoms with Crippen LogP contribution >= 0.6 is 0 Å². The normalized spacial score (nSPS) is 10.5. The monoisotopic (exact) mass is 128 g/mol. The molecule has 0 amide bonds. The highest BCUT2D eigenvalue weighted by Crippen LogP contribution is 2.03. The van der Waals surface area contributed by atoms with Crippen LogP contribution in [0.25, 0.3) is 6.08 Å². The zero-order valence-electron chi connectivity index (χ0n) is 6.04. The van der Waals surface area contributed by atoms with E-state index < -0.39 is 0 Å². The molecule has 1 rings (SSSR count). The first-order valence-electron chi connectivity index (χ1n) is 3.28. The lowest BCUT2D eigenvalue weighted by atomic mass is 10.1. The second-order valence-corrected chi connectivity index (χ2v) is 2.27. The summed E-state index contributed by atoms with van der Waals surface area (Å²) >= 11 is 0. The highest BCUT2D eigenvalue weighted by atomic mass is 13.9. The Hall–Kier alpha value is -0.975. The average Bonchev–Trinajstić information content (AvgIpc) is 1.95. The molecule has 0 saturated carbocycles. The standard InChI is InChI=1S/C9H9B/c1-8-2-4-9(5-3-8)6-7-10/h2-7H,1H3/b7-6+. The van der Waals surface area contributed by atoms with Gasteiger partial charge in [0.2, 0.25) is 0 Å². The first-order chi connectivity index (χ1) is 4.83. The Balaban J connectivity index is 2.89. The van der Waals surface area contributed by atoms with E-state index >= 15 is 0 Å². The maximum Gasteiger partial charge on any atom is 0.102 e. The van der Waals surface area contributed by atoms with Crippen LogP contribution < -0.4 is 0 Å². The van der Waals surface area contributed by atoms with Gasteiger partial charge < -0.3 is 0 Å². The second-order valence-electron chi connectivity index (χ2n) is 2.27. The lowest BCUT2D eigenvalue weighted by Gasteiger charge is -1.92. The predicted molar refractivity (Wildman–Crippen MR) is 46.0 cm³/mol. The molecule has 0 unspecified atom stereocenters. The number of hydrogen-bond donors (Lipinski definition) is 0. The van der Waals surface area contributed by atoms with Gasteiger partial charge in [-0.2, -0.15) is 0 Å². The lowest BCUT2D eigenvalue weighted by Crippen LogP contribution is -1.72. The predicted octanol–water partition coefficient (Wildman–Crippen LogP) is 2.13. The van der Waals surface area contributed by atoms with Crippen LogP contribution in [0.5, 0.6) is 0 Å². The molecule has 1 heteroatoms. The molecule has 48 valence electrons. The molecule has 0 nitrogen and oxygen atoms in total. The quantitative estimate of drug-likeness (QED) is 0.508. The second kappa shape index (κ2) is 3.26. The molecule has 0 atom stereocenters. The third-order valence-corrected chi connectivity index (χ3v) is 1.37. The third-order valence-electron chi connectivity index (χ3n) is 1.37. The van der Waals surface area contributed by atoms with Gasteiger partial charge in [0, 0.05) is 0 Å². The summed E-state index contributed by atoms with van der Waals surface area (Å²) in [5.41, 5.74) is 2.42. The van der Waals surface area contributed by atoms with Crippen LogP contribution in [0.15, 0.2) is 30.2 Å². The van der Waals surface area contributed by atoms with Crippen LogP contribution in [0.1, 0.15) is 11.1 Å². The molecule has 0 aliphatic rings. The number of rotatable bonds is 1. The summed E-state index contributed by atoms with van der Waals surface area (Å²) in [5.74, 6) is 1.55. The third kappa shape index (κ3) is 1.76. The molecule has 0 aliphatic carbocycles. The molecule has 0 spiro atoms. The Kier molecular flexibility index (Phi) is 2.32. The van der Waals surface area contributed by atoms with Crippen molar-refractivity contribution in [2.75, 3.05) is 0 Å². The molecule has 0 bridgehead atoms. The van der Waals surface area contributed by atoms with Gasteiger partial charge in [-0.15, -0.1) is 5.98 Å². The van der Waals surface area contributed by atoms with E-state index in [9.17, 15) is 0 Å². The van der Waals surface area contributed by atoms with Crippen molar-refractivity contribution in [1.82, 2.24) is 0 Å². The topological polar surface area (TPSA) is 0 Å². The number of aryl methyl sites for hydroxylation is 1. The molecule has 0 aromatic heterocycles. The van der Waals surface area contributed by atoms with Crippen molar-refractivity contribution in [3.05, 3.63) is 41.4 Å². The van der Waals surface area contributed by atoms with Crippen LogP contribution in [0.3, 0.4) is 0 Å². The smallest absolute Gasteiger partial charge is 0.102 e. The van der Waals surface area contributed by atoms with E-state index in [0.717, 1.165) is 5.56 Å². The lowest BCUT2D eigenvalue weighted by molar-refractivity contribution is 1.46. The van der Waals surface area contributed by atoms with E-state index in [-0.39, 0.29) is 0 Å². The van der Waals surface area contributed by atoms with Crippen molar-refractivity contribution in [2.45, 2.75) is 6.92 Å². The van der Waals surface area contributed by atoms with E-state index in [1.165, 1.54) is 5.56 Å². The molecule has 1 aromatic carbocycles. The van der Waals surface area contributed by atoms with Crippen LogP contribution in [0.4, 0.5) is 0 Å². The van der Waals surface area contributed by atoms with Crippen molar-refractivity contribution in [3.63, 3.8) is 0 Å². The summed E-state index contributed by atoms with van der Waals surface area (Å²) in [6.45, 7) is 2.07. The summed E-state index contributed by atoms with van der Waals surface area (Å²) in [6.07, 6.45) is 1.87. The number of hydrogen-bond acceptors (Lipinski definition) is 0. The minimum atomic E-state index is 1.15. The molecule has 0 heterocycles. The highest BCUT2D eigenvalue weighted by molar-refractivity contribution is 6.19. The summed E-state index contributed by atoms with van der Waals surface area (Å²) in [7, 11) is 5.22. The van der Waals surface area contributed by atoms with Crippen molar-refractivity contribution in [1.29, 1.82) is 0 Å². The van der Waals surface area contributed by atoms with Gasteiger partial charge >= 0.3 is 0 Å². The van der Waals surface area contributed by atoms with Gasteiger partial charge in [0.25, 0.3) is 0 Å². The Morgan fingerprint density at radius 1 is 1.20 bits per heavy atom. The fourth-order valence-corrected chi connectivity index (χ4v) is 0.789. The zero-order valence-corrected chi connectivity index (χ0v) is 6.04. The minimum absolute atomic E-state index is 1.15. The van der Waals surface area contributed by atoms with Gasteiger partial charge in [-0.05, 0) is 12.5 Å². The van der Waals surface area contributed by atoms with Crippen LogP contribution in [0, 0.1) is 6.92 Å². The first-order valence-corrected chi connectivity index (χ1v) is 3.28. The molecule has 2 radical (unpaired) electrons. The van der Waals surface area contributed by atoms with E-state index in [0.29, 0.717) is 0 Å². The van der Waals surface area contributed by atoms with Crippen molar-refractivity contribution in [2.24, 2.45) is 0 Å². The SMILES string of the molecule is [B]/C=C/c1ccc(C)cc1. The molecular weight excluding hydrogens is 119 g/mol. The van der Waals surface area contributed by atoms with Gasteiger partial charge in [-0.3, -0.25) is 0 Å². The van der Waals surface area contributed by atoms with Gasteiger partial charge in [-0.1, -0.05) is 35.9 Å². The number of benzene rings is 1. The molecule has 0 saturated heterocycles. The minimum Gasteiger partial charge on any atom is -0.131 e. The Labute approximate surface area is 63.0 Å². The summed E-state index contributed by atoms with van der Waals surface area (Å²) < 4.78 is 0. The highest BCUT2D eigenvalue weighted by Gasteiger charge is 1.83. The maximum absolute atomic E-state index is 5.22. The molecule has 0 aliphatic heterocycles. The Morgan fingerprint density at radius 3 is 2.30 bits per heavy atom. The van der Waals surface area contributed by atoms with Crippen molar-refractivity contribution < 1.29 is 0 Å². The van der Waals surface area contributed by atoms with E-state index in [2.05, 4.69) is 19.1 Å². The van der Waals surface area contributed by atoms with Crippen molar-refractivity contribution in [3.8, 4) is 0 Å². The largest absolute Gasteiger partial charge is 0.131 e. The van der Waals surface area contributed by atoms with Gasteiger partial charge in [-0.25, -0.2) is 0 Å². The van der Waals surface area contributed by atoms with Crippen LogP contribution in [-0.2, 0) is 0 Å². The fourth-order valence-electron chi connectivity index (χ4n) is 0.789. The summed E-state index contributed by atoms with van der Waals surface area (Å²) in [4.78, 5) is 0. The fraction of sp³-hybridized carbons (Fsp3) is 0.111. The van der Waals surface area contributed by atoms with E-state index in [1.807, 2.05) is 18.2 Å². The molecule has 1 aromatic rings. The molecule has 0 fully saturated rings. The van der Waals surface area contributed by atoms with Gasteiger partial charge in [0.1, 0.15) is 7.85 Å². The first kappa shape index (κ1) is 7.14. The van der Waals surface area contributed by atoms with Gasteiger partial charge in [0.05, 0.1) is 0 Å². The zero-order chi connectivity index (χ0) is 7.40. The van der Waals surface area contributed by atoms with Gasteiger partial charge in [0.15, 0.2) is 0 Å². The Morgan fingerprint density at radius 2 is 1.80 bits per heavy atom. The average molecular weight is 128 g/mol. The molecule has 10 heavy (non-hydrogen) atoms. The van der Waals surface area contributed by atoms with Crippen molar-refractivity contribution >= 4 is 13.9 Å². The van der Waals surface area contributed by atoms with Crippen LogP contribution in [0.2, 0.25) is 0 Å². The summed E-state index contributed by atoms with van der Waals surface area (Å²) in [6, 6.07) is 8.21. The maximum atomic E-state index is 5.22.